The molecule has 1 saturated heterocycles. The van der Waals surface area contributed by atoms with Gasteiger partial charge in [0.2, 0.25) is 5.91 Å². The number of halogens is 2. The smallest absolute Gasteiger partial charge is 0.273 e. The van der Waals surface area contributed by atoms with E-state index in [0.29, 0.717) is 26.0 Å². The lowest BCUT2D eigenvalue weighted by atomic mass is 10.0. The summed E-state index contributed by atoms with van der Waals surface area (Å²) in [6.45, 7) is 3.94. The van der Waals surface area contributed by atoms with Crippen molar-refractivity contribution in [2.24, 2.45) is 5.92 Å². The number of likely N-dealkylation sites (tertiary alicyclic amines) is 1. The number of carbonyl (C=O) groups excluding carboxylic acids is 2. The molecule has 0 spiro atoms. The van der Waals surface area contributed by atoms with Crippen LogP contribution in [0.2, 0.25) is 0 Å². The van der Waals surface area contributed by atoms with Gasteiger partial charge in [-0.2, -0.15) is 0 Å². The zero-order valence-corrected chi connectivity index (χ0v) is 16.0. The lowest BCUT2D eigenvalue weighted by molar-refractivity contribution is -0.138. The second kappa shape index (κ2) is 9.20. The molecular weight excluding hydrogens is 360 g/mol. The Labute approximate surface area is 157 Å². The van der Waals surface area contributed by atoms with Gasteiger partial charge in [0.1, 0.15) is 0 Å². The number of nitrogens with one attached hydrogen (secondary N) is 1. The Kier molecular flexibility index (Phi) is 7.23. The Bertz CT molecular complexity index is 648. The quantitative estimate of drug-likeness (QED) is 0.646. The van der Waals surface area contributed by atoms with Gasteiger partial charge in [-0.3, -0.25) is 9.59 Å². The van der Waals surface area contributed by atoms with Crippen LogP contribution in [0.3, 0.4) is 0 Å². The van der Waals surface area contributed by atoms with Gasteiger partial charge in [0.15, 0.2) is 5.69 Å². The van der Waals surface area contributed by atoms with Crippen LogP contribution in [0.25, 0.3) is 0 Å². The number of alkyl halides is 2. The first kappa shape index (κ1) is 21.2. The normalized spacial score (nSPS) is 18.9. The molecule has 1 fully saturated rings. The minimum atomic E-state index is -2.92. The maximum Gasteiger partial charge on any atom is 0.273 e. The molecule has 1 aromatic heterocycles. The number of rotatable bonds is 9. The van der Waals surface area contributed by atoms with Crippen LogP contribution in [0.5, 0.6) is 0 Å². The minimum Gasteiger partial charge on any atom is -0.383 e. The summed E-state index contributed by atoms with van der Waals surface area (Å²) in [4.78, 5) is 25.8. The van der Waals surface area contributed by atoms with Crippen molar-refractivity contribution in [2.45, 2.75) is 51.6 Å². The predicted octanol–water partition coefficient (Wildman–Crippen LogP) is 1.33. The second-order valence-corrected chi connectivity index (χ2v) is 6.77. The molecule has 152 valence electrons. The molecule has 0 bridgehead atoms. The summed E-state index contributed by atoms with van der Waals surface area (Å²) >= 11 is 0. The monoisotopic (exact) mass is 387 g/mol. The Morgan fingerprint density at radius 3 is 2.74 bits per heavy atom. The number of aromatic nitrogens is 3. The second-order valence-electron chi connectivity index (χ2n) is 6.77. The van der Waals surface area contributed by atoms with Gasteiger partial charge in [-0.05, 0) is 12.8 Å². The molecule has 1 unspecified atom stereocenters. The van der Waals surface area contributed by atoms with Gasteiger partial charge in [-0.1, -0.05) is 19.1 Å². The van der Waals surface area contributed by atoms with Gasteiger partial charge in [0, 0.05) is 26.0 Å². The molecule has 8 nitrogen and oxygen atoms in total. The zero-order chi connectivity index (χ0) is 20.0. The van der Waals surface area contributed by atoms with Crippen LogP contribution in [0.4, 0.5) is 8.78 Å². The van der Waals surface area contributed by atoms with E-state index in [4.69, 9.17) is 4.74 Å². The summed E-state index contributed by atoms with van der Waals surface area (Å²) in [5.74, 6) is -3.85. The molecular formula is C17H27F2N5O3. The van der Waals surface area contributed by atoms with Crippen LogP contribution in [0, 0.1) is 5.92 Å². The molecule has 2 amide bonds. The number of hydrogen-bond acceptors (Lipinski definition) is 5. The predicted molar refractivity (Wildman–Crippen MR) is 93.4 cm³/mol. The van der Waals surface area contributed by atoms with E-state index in [1.165, 1.54) is 22.9 Å². The first-order valence-electron chi connectivity index (χ1n) is 9.16. The van der Waals surface area contributed by atoms with Crippen molar-refractivity contribution in [2.75, 3.05) is 26.8 Å². The number of carbonyl (C=O) groups is 2. The third kappa shape index (κ3) is 5.44. The van der Waals surface area contributed by atoms with Crippen molar-refractivity contribution in [3.63, 3.8) is 0 Å². The van der Waals surface area contributed by atoms with E-state index >= 15 is 0 Å². The average Bonchev–Trinajstić information content (AvgIpc) is 3.20. The molecule has 2 heterocycles. The number of methoxy groups -OCH3 is 1. The van der Waals surface area contributed by atoms with E-state index in [2.05, 4.69) is 15.6 Å². The Morgan fingerprint density at radius 2 is 2.11 bits per heavy atom. The van der Waals surface area contributed by atoms with Crippen molar-refractivity contribution in [1.82, 2.24) is 25.2 Å². The molecule has 1 aliphatic rings. The van der Waals surface area contributed by atoms with E-state index in [1.807, 2.05) is 13.8 Å². The van der Waals surface area contributed by atoms with Crippen LogP contribution in [-0.2, 0) is 16.1 Å². The highest BCUT2D eigenvalue weighted by atomic mass is 19.3. The van der Waals surface area contributed by atoms with Gasteiger partial charge >= 0.3 is 0 Å². The largest absolute Gasteiger partial charge is 0.383 e. The lowest BCUT2D eigenvalue weighted by Gasteiger charge is -2.27. The number of nitrogens with zero attached hydrogens (tertiary/aromatic N) is 4. The lowest BCUT2D eigenvalue weighted by Crippen LogP contribution is -2.42. The summed E-state index contributed by atoms with van der Waals surface area (Å²) in [5, 5.41) is 10.2. The van der Waals surface area contributed by atoms with Crippen LogP contribution in [-0.4, -0.2) is 70.5 Å². The summed E-state index contributed by atoms with van der Waals surface area (Å²) in [6.07, 6.45) is 2.20. The van der Waals surface area contributed by atoms with Gasteiger partial charge < -0.3 is 15.0 Å². The Morgan fingerprint density at radius 1 is 1.41 bits per heavy atom. The molecule has 2 rings (SSSR count). The van der Waals surface area contributed by atoms with Crippen molar-refractivity contribution in [3.8, 4) is 0 Å². The molecule has 0 aliphatic carbocycles. The molecule has 1 atom stereocenters. The highest BCUT2D eigenvalue weighted by molar-refractivity contribution is 5.91. The van der Waals surface area contributed by atoms with Crippen molar-refractivity contribution in [1.29, 1.82) is 0 Å². The maximum absolute atomic E-state index is 14.0. The summed E-state index contributed by atoms with van der Waals surface area (Å²) < 4.78 is 34.1. The highest BCUT2D eigenvalue weighted by Crippen LogP contribution is 2.34. The van der Waals surface area contributed by atoms with E-state index in [0.717, 1.165) is 0 Å². The van der Waals surface area contributed by atoms with Crippen LogP contribution in [0.1, 0.15) is 43.6 Å². The topological polar surface area (TPSA) is 89.4 Å². The van der Waals surface area contributed by atoms with E-state index in [-0.39, 0.29) is 24.1 Å². The number of amides is 2. The third-order valence-corrected chi connectivity index (χ3v) is 4.76. The summed E-state index contributed by atoms with van der Waals surface area (Å²) in [7, 11) is 1.52. The van der Waals surface area contributed by atoms with E-state index in [1.54, 1.807) is 0 Å². The summed E-state index contributed by atoms with van der Waals surface area (Å²) in [5.41, 5.74) is 0.0914. The molecule has 27 heavy (non-hydrogen) atoms. The van der Waals surface area contributed by atoms with Gasteiger partial charge in [0.05, 0.1) is 31.9 Å². The molecule has 0 saturated carbocycles. The molecule has 1 aromatic rings. The average molecular weight is 387 g/mol. The molecule has 1 N–H and O–H groups in total. The number of ether oxygens (including phenoxy) is 1. The van der Waals surface area contributed by atoms with Crippen LogP contribution in [0.15, 0.2) is 6.20 Å². The Balaban J connectivity index is 2.05. The molecule has 0 aromatic carbocycles. The minimum absolute atomic E-state index is 0.0693. The van der Waals surface area contributed by atoms with Crippen molar-refractivity contribution in [3.05, 3.63) is 11.9 Å². The van der Waals surface area contributed by atoms with Gasteiger partial charge in [0.25, 0.3) is 11.8 Å². The van der Waals surface area contributed by atoms with E-state index in [9.17, 15) is 18.4 Å². The number of hydrogen-bond donors (Lipinski definition) is 1. The van der Waals surface area contributed by atoms with Gasteiger partial charge in [-0.15, -0.1) is 5.10 Å². The fourth-order valence-electron chi connectivity index (χ4n) is 3.26. The summed E-state index contributed by atoms with van der Waals surface area (Å²) in [6, 6.07) is -0.681. The van der Waals surface area contributed by atoms with Gasteiger partial charge in [-0.25, -0.2) is 13.5 Å². The highest BCUT2D eigenvalue weighted by Gasteiger charge is 2.47. The SMILES string of the molecule is CCC(CC)C(=O)N1CC(F)(F)CC1Cn1cc(C(=O)NCCOC)nn1. The van der Waals surface area contributed by atoms with Crippen LogP contribution < -0.4 is 5.32 Å². The van der Waals surface area contributed by atoms with E-state index < -0.39 is 30.8 Å². The fraction of sp³-hybridized carbons (Fsp3) is 0.765. The first-order chi connectivity index (χ1) is 12.8. The standard InChI is InChI=1S/C17H27F2N5O3/c1-4-12(5-2)16(26)24-11-17(18,19)8-13(24)9-23-10-14(21-22-23)15(25)20-6-7-27-3/h10,12-13H,4-9,11H2,1-3H3,(H,20,25). The first-order valence-corrected chi connectivity index (χ1v) is 9.16. The zero-order valence-electron chi connectivity index (χ0n) is 16.0. The van der Waals surface area contributed by atoms with Crippen LogP contribution >= 0.6 is 0 Å². The third-order valence-electron chi connectivity index (χ3n) is 4.76. The molecule has 1 aliphatic heterocycles. The maximum atomic E-state index is 14.0. The molecule has 0 radical (unpaired) electrons. The van der Waals surface area contributed by atoms with Crippen molar-refractivity contribution < 1.29 is 23.1 Å². The Hall–Kier alpha value is -2.10. The fourth-order valence-corrected chi connectivity index (χ4v) is 3.26. The molecule has 10 heteroatoms. The van der Waals surface area contributed by atoms with Crippen molar-refractivity contribution >= 4 is 11.8 Å².